The number of hydrogen-bond donors (Lipinski definition) is 1. The average molecular weight is 296 g/mol. The topological polar surface area (TPSA) is 102 Å². The molecule has 1 saturated heterocycles. The molecule has 0 saturated carbocycles. The Morgan fingerprint density at radius 3 is 2.95 bits per heavy atom. The van der Waals surface area contributed by atoms with Gasteiger partial charge in [-0.25, -0.2) is 9.55 Å². The number of nitro groups is 1. The third kappa shape index (κ3) is 3.78. The molecule has 1 aromatic rings. The highest BCUT2D eigenvalue weighted by molar-refractivity contribution is 5.67. The maximum absolute atomic E-state index is 10.9. The summed E-state index contributed by atoms with van der Waals surface area (Å²) in [6.07, 6.45) is 4.35. The van der Waals surface area contributed by atoms with Crippen molar-refractivity contribution in [3.05, 3.63) is 22.1 Å². The first-order valence-electron chi connectivity index (χ1n) is 7.11. The fourth-order valence-electron chi connectivity index (χ4n) is 2.89. The predicted molar refractivity (Wildman–Crippen MR) is 75.1 cm³/mol. The number of carboxylic acids is 1. The lowest BCUT2D eigenvalue weighted by Gasteiger charge is -2.34. The Labute approximate surface area is 122 Å². The van der Waals surface area contributed by atoms with E-state index in [4.69, 9.17) is 5.11 Å². The first-order valence-corrected chi connectivity index (χ1v) is 7.11. The molecule has 8 nitrogen and oxygen atoms in total. The van der Waals surface area contributed by atoms with Gasteiger partial charge in [-0.1, -0.05) is 6.42 Å². The standard InChI is InChI=1S/C13H20N4O4/c1-10-14-9-12(17(20)21)16(10)7-6-15-5-3-2-4-11(15)8-13(18)19/h9,11H,2-8H2,1H3,(H,18,19). The molecule has 1 aliphatic rings. The molecule has 0 amide bonds. The SMILES string of the molecule is Cc1ncc([N+](=O)[O-])n1CCN1CCCCC1CC(=O)O. The molecule has 1 aromatic heterocycles. The molecule has 1 atom stereocenters. The second-order valence-electron chi connectivity index (χ2n) is 5.36. The lowest BCUT2D eigenvalue weighted by atomic mass is 9.99. The summed E-state index contributed by atoms with van der Waals surface area (Å²) >= 11 is 0. The lowest BCUT2D eigenvalue weighted by Crippen LogP contribution is -2.42. The third-order valence-electron chi connectivity index (χ3n) is 3.99. The minimum absolute atomic E-state index is 0.0145. The normalized spacial score (nSPS) is 19.6. The van der Waals surface area contributed by atoms with E-state index >= 15 is 0 Å². The van der Waals surface area contributed by atoms with Gasteiger partial charge in [0.2, 0.25) is 0 Å². The molecule has 1 N–H and O–H groups in total. The van der Waals surface area contributed by atoms with E-state index in [-0.39, 0.29) is 18.3 Å². The van der Waals surface area contributed by atoms with Crippen LogP contribution >= 0.6 is 0 Å². The van der Waals surface area contributed by atoms with Crippen LogP contribution < -0.4 is 0 Å². The average Bonchev–Trinajstić information content (AvgIpc) is 2.78. The van der Waals surface area contributed by atoms with Crippen LogP contribution in [0.15, 0.2) is 6.20 Å². The van der Waals surface area contributed by atoms with Gasteiger partial charge < -0.3 is 15.2 Å². The zero-order valence-corrected chi connectivity index (χ0v) is 12.1. The van der Waals surface area contributed by atoms with Crippen molar-refractivity contribution in [2.45, 2.75) is 45.2 Å². The first kappa shape index (κ1) is 15.4. The van der Waals surface area contributed by atoms with E-state index in [1.807, 2.05) is 0 Å². The van der Waals surface area contributed by atoms with Gasteiger partial charge in [0.05, 0.1) is 6.42 Å². The number of aliphatic carboxylic acids is 1. The quantitative estimate of drug-likeness (QED) is 0.629. The van der Waals surface area contributed by atoms with Crippen molar-refractivity contribution in [2.24, 2.45) is 0 Å². The van der Waals surface area contributed by atoms with Crippen LogP contribution in [0.3, 0.4) is 0 Å². The number of nitrogens with zero attached hydrogens (tertiary/aromatic N) is 4. The van der Waals surface area contributed by atoms with Gasteiger partial charge in [-0.15, -0.1) is 0 Å². The number of aryl methyl sites for hydroxylation is 1. The van der Waals surface area contributed by atoms with Gasteiger partial charge >= 0.3 is 11.8 Å². The number of rotatable bonds is 6. The summed E-state index contributed by atoms with van der Waals surface area (Å²) in [5.41, 5.74) is 0. The molecule has 1 unspecified atom stereocenters. The zero-order chi connectivity index (χ0) is 15.4. The summed E-state index contributed by atoms with van der Waals surface area (Å²) in [4.78, 5) is 27.5. The van der Waals surface area contributed by atoms with E-state index in [1.165, 1.54) is 6.20 Å². The van der Waals surface area contributed by atoms with Crippen molar-refractivity contribution in [2.75, 3.05) is 13.1 Å². The maximum Gasteiger partial charge on any atom is 0.342 e. The highest BCUT2D eigenvalue weighted by atomic mass is 16.6. The van der Waals surface area contributed by atoms with E-state index in [2.05, 4.69) is 9.88 Å². The molecule has 21 heavy (non-hydrogen) atoms. The monoisotopic (exact) mass is 296 g/mol. The van der Waals surface area contributed by atoms with Crippen LogP contribution in [-0.4, -0.2) is 49.6 Å². The Bertz CT molecular complexity index is 528. The van der Waals surface area contributed by atoms with Gasteiger partial charge in [0, 0.05) is 19.5 Å². The Kier molecular flexibility index (Phi) is 4.89. The van der Waals surface area contributed by atoms with Crippen LogP contribution in [0.5, 0.6) is 0 Å². The summed E-state index contributed by atoms with van der Waals surface area (Å²) in [5.74, 6) is -0.204. The summed E-state index contributed by atoms with van der Waals surface area (Å²) in [6, 6.07) is 0.0270. The van der Waals surface area contributed by atoms with E-state index in [0.717, 1.165) is 25.8 Å². The Balaban J connectivity index is 2.02. The molecule has 0 spiro atoms. The van der Waals surface area contributed by atoms with Gasteiger partial charge in [0.1, 0.15) is 12.7 Å². The molecule has 0 aromatic carbocycles. The fraction of sp³-hybridized carbons (Fsp3) is 0.692. The predicted octanol–water partition coefficient (Wildman–Crippen LogP) is 1.43. The molecule has 1 fully saturated rings. The van der Waals surface area contributed by atoms with Gasteiger partial charge in [-0.3, -0.25) is 9.69 Å². The minimum atomic E-state index is -0.795. The molecule has 0 radical (unpaired) electrons. The number of likely N-dealkylation sites (tertiary alicyclic amines) is 1. The molecule has 8 heteroatoms. The summed E-state index contributed by atoms with van der Waals surface area (Å²) in [7, 11) is 0. The minimum Gasteiger partial charge on any atom is -0.481 e. The zero-order valence-electron chi connectivity index (χ0n) is 12.1. The number of carboxylic acid groups (broad SMARTS) is 1. The molecule has 0 aliphatic carbocycles. The van der Waals surface area contributed by atoms with Crippen molar-refractivity contribution in [1.82, 2.24) is 14.5 Å². The molecule has 2 rings (SSSR count). The van der Waals surface area contributed by atoms with Crippen LogP contribution in [0.2, 0.25) is 0 Å². The Morgan fingerprint density at radius 2 is 2.29 bits per heavy atom. The molecule has 0 bridgehead atoms. The number of carbonyl (C=O) groups is 1. The van der Waals surface area contributed by atoms with Crippen LogP contribution in [0.4, 0.5) is 5.82 Å². The molecule has 2 heterocycles. The van der Waals surface area contributed by atoms with Crippen LogP contribution in [0.1, 0.15) is 31.5 Å². The smallest absolute Gasteiger partial charge is 0.342 e. The number of aromatic nitrogens is 2. The summed E-state index contributed by atoms with van der Waals surface area (Å²) < 4.78 is 1.58. The number of piperidine rings is 1. The molecular formula is C13H20N4O4. The van der Waals surface area contributed by atoms with E-state index in [9.17, 15) is 14.9 Å². The van der Waals surface area contributed by atoms with E-state index < -0.39 is 10.9 Å². The number of imidazole rings is 1. The third-order valence-corrected chi connectivity index (χ3v) is 3.99. The fourth-order valence-corrected chi connectivity index (χ4v) is 2.89. The van der Waals surface area contributed by atoms with Crippen LogP contribution in [-0.2, 0) is 11.3 Å². The van der Waals surface area contributed by atoms with Crippen molar-refractivity contribution < 1.29 is 14.8 Å². The molecule has 116 valence electrons. The summed E-state index contributed by atoms with van der Waals surface area (Å²) in [6.45, 7) is 3.64. The van der Waals surface area contributed by atoms with Crippen molar-refractivity contribution in [3.8, 4) is 0 Å². The highest BCUT2D eigenvalue weighted by Crippen LogP contribution is 2.20. The van der Waals surface area contributed by atoms with Crippen molar-refractivity contribution in [3.63, 3.8) is 0 Å². The first-order chi connectivity index (χ1) is 9.99. The van der Waals surface area contributed by atoms with Gasteiger partial charge in [-0.05, 0) is 24.3 Å². The Morgan fingerprint density at radius 1 is 1.52 bits per heavy atom. The second kappa shape index (κ2) is 6.66. The number of hydrogen-bond acceptors (Lipinski definition) is 5. The van der Waals surface area contributed by atoms with Gasteiger partial charge in [0.25, 0.3) is 0 Å². The molecule has 1 aliphatic heterocycles. The van der Waals surface area contributed by atoms with Gasteiger partial charge in [-0.2, -0.15) is 0 Å². The van der Waals surface area contributed by atoms with Crippen LogP contribution in [0, 0.1) is 17.0 Å². The van der Waals surface area contributed by atoms with E-state index in [1.54, 1.807) is 11.5 Å². The Hall–Kier alpha value is -1.96. The van der Waals surface area contributed by atoms with Crippen LogP contribution in [0.25, 0.3) is 0 Å². The largest absolute Gasteiger partial charge is 0.481 e. The lowest BCUT2D eigenvalue weighted by molar-refractivity contribution is -0.392. The second-order valence-corrected chi connectivity index (χ2v) is 5.36. The van der Waals surface area contributed by atoms with Crippen molar-refractivity contribution in [1.29, 1.82) is 0 Å². The highest BCUT2D eigenvalue weighted by Gasteiger charge is 2.26. The maximum atomic E-state index is 10.9. The molecular weight excluding hydrogens is 276 g/mol. The van der Waals surface area contributed by atoms with Crippen molar-refractivity contribution >= 4 is 11.8 Å². The van der Waals surface area contributed by atoms with E-state index in [0.29, 0.717) is 18.9 Å². The van der Waals surface area contributed by atoms with Gasteiger partial charge in [0.15, 0.2) is 5.82 Å². The summed E-state index contributed by atoms with van der Waals surface area (Å²) in [5, 5.41) is 19.9.